The fraction of sp³-hybridized carbons (Fsp3) is 0.562. The zero-order chi connectivity index (χ0) is 15.4. The fourth-order valence-electron chi connectivity index (χ4n) is 2.61. The number of anilines is 1. The number of benzene rings is 1. The van der Waals surface area contributed by atoms with E-state index in [0.717, 1.165) is 50.5 Å². The van der Waals surface area contributed by atoms with Gasteiger partial charge in [0.25, 0.3) is 0 Å². The molecule has 2 rings (SSSR count). The van der Waals surface area contributed by atoms with Crippen molar-refractivity contribution in [3.05, 3.63) is 29.3 Å². The number of piperazine rings is 1. The average Bonchev–Trinajstić information content (AvgIpc) is 2.46. The number of carboxylic acid groups (broad SMARTS) is 1. The molecular weight excluding hydrogens is 266 g/mol. The molecule has 0 radical (unpaired) electrons. The van der Waals surface area contributed by atoms with E-state index in [1.807, 2.05) is 19.1 Å². The predicted molar refractivity (Wildman–Crippen MR) is 85.3 cm³/mol. The van der Waals surface area contributed by atoms with Crippen molar-refractivity contribution in [2.75, 3.05) is 58.3 Å². The van der Waals surface area contributed by atoms with Crippen LogP contribution < -0.4 is 4.90 Å². The number of carboxylic acids is 1. The molecule has 0 bridgehead atoms. The third-order valence-electron chi connectivity index (χ3n) is 4.05. The van der Waals surface area contributed by atoms with E-state index in [4.69, 9.17) is 0 Å². The van der Waals surface area contributed by atoms with Gasteiger partial charge >= 0.3 is 5.97 Å². The molecule has 5 heteroatoms. The van der Waals surface area contributed by atoms with Crippen molar-refractivity contribution >= 4 is 11.7 Å². The molecule has 0 amide bonds. The van der Waals surface area contributed by atoms with Crippen molar-refractivity contribution < 1.29 is 9.90 Å². The van der Waals surface area contributed by atoms with Gasteiger partial charge < -0.3 is 14.9 Å². The van der Waals surface area contributed by atoms with Crippen LogP contribution in [-0.2, 0) is 0 Å². The first-order valence-electron chi connectivity index (χ1n) is 7.43. The van der Waals surface area contributed by atoms with Crippen LogP contribution in [0.1, 0.15) is 15.9 Å². The van der Waals surface area contributed by atoms with E-state index in [0.29, 0.717) is 5.56 Å². The second-order valence-corrected chi connectivity index (χ2v) is 5.94. The lowest BCUT2D eigenvalue weighted by Gasteiger charge is -2.36. The van der Waals surface area contributed by atoms with Crippen molar-refractivity contribution in [1.29, 1.82) is 0 Å². The highest BCUT2D eigenvalue weighted by molar-refractivity contribution is 5.90. The lowest BCUT2D eigenvalue weighted by atomic mass is 10.1. The van der Waals surface area contributed by atoms with Gasteiger partial charge in [-0.15, -0.1) is 0 Å². The molecule has 1 aliphatic rings. The van der Waals surface area contributed by atoms with Gasteiger partial charge in [0, 0.05) is 45.0 Å². The molecule has 0 aromatic heterocycles. The molecule has 1 saturated heterocycles. The van der Waals surface area contributed by atoms with Crippen LogP contribution in [0.2, 0.25) is 0 Å². The Labute approximate surface area is 126 Å². The van der Waals surface area contributed by atoms with Gasteiger partial charge in [0.05, 0.1) is 5.56 Å². The SMILES string of the molecule is Cc1ccc(N2CCN(CCN(C)C)CC2)cc1C(=O)O. The van der Waals surface area contributed by atoms with Gasteiger partial charge in [-0.3, -0.25) is 4.90 Å². The van der Waals surface area contributed by atoms with Crippen molar-refractivity contribution in [3.63, 3.8) is 0 Å². The van der Waals surface area contributed by atoms with Crippen LogP contribution in [0.5, 0.6) is 0 Å². The summed E-state index contributed by atoms with van der Waals surface area (Å²) in [5, 5.41) is 9.22. The molecule has 0 atom stereocenters. The fourth-order valence-corrected chi connectivity index (χ4v) is 2.61. The lowest BCUT2D eigenvalue weighted by molar-refractivity contribution is 0.0696. The summed E-state index contributed by atoms with van der Waals surface area (Å²) in [6.45, 7) is 7.98. The van der Waals surface area contributed by atoms with Crippen molar-refractivity contribution in [2.45, 2.75) is 6.92 Å². The zero-order valence-corrected chi connectivity index (χ0v) is 13.2. The smallest absolute Gasteiger partial charge is 0.336 e. The molecule has 0 spiro atoms. The summed E-state index contributed by atoms with van der Waals surface area (Å²) in [6, 6.07) is 5.72. The van der Waals surface area contributed by atoms with Crippen molar-refractivity contribution in [1.82, 2.24) is 9.80 Å². The number of hydrogen-bond acceptors (Lipinski definition) is 4. The highest BCUT2D eigenvalue weighted by Gasteiger charge is 2.18. The van der Waals surface area contributed by atoms with Gasteiger partial charge in [-0.05, 0) is 38.7 Å². The molecule has 1 aromatic rings. The first-order chi connectivity index (χ1) is 9.97. The van der Waals surface area contributed by atoms with Gasteiger partial charge in [0.15, 0.2) is 0 Å². The number of rotatable bonds is 5. The Morgan fingerprint density at radius 2 is 1.90 bits per heavy atom. The second-order valence-electron chi connectivity index (χ2n) is 5.94. The zero-order valence-electron chi connectivity index (χ0n) is 13.2. The van der Waals surface area contributed by atoms with Gasteiger partial charge in [-0.1, -0.05) is 6.07 Å². The summed E-state index contributed by atoms with van der Waals surface area (Å²) in [5.41, 5.74) is 2.24. The highest BCUT2D eigenvalue weighted by Crippen LogP contribution is 2.20. The maximum Gasteiger partial charge on any atom is 0.336 e. The Morgan fingerprint density at radius 1 is 1.24 bits per heavy atom. The molecule has 0 saturated carbocycles. The first-order valence-corrected chi connectivity index (χ1v) is 7.43. The second kappa shape index (κ2) is 6.91. The number of aromatic carboxylic acids is 1. The summed E-state index contributed by atoms with van der Waals surface area (Å²) in [6.07, 6.45) is 0. The average molecular weight is 291 g/mol. The van der Waals surface area contributed by atoms with Crippen LogP contribution in [-0.4, -0.2) is 74.2 Å². The van der Waals surface area contributed by atoms with Gasteiger partial charge in [0.2, 0.25) is 0 Å². The molecule has 1 aromatic carbocycles. The first kappa shape index (κ1) is 15.8. The summed E-state index contributed by atoms with van der Waals surface area (Å²) in [7, 11) is 4.19. The quantitative estimate of drug-likeness (QED) is 0.888. The van der Waals surface area contributed by atoms with E-state index in [1.165, 1.54) is 0 Å². The summed E-state index contributed by atoms with van der Waals surface area (Å²) in [4.78, 5) is 18.2. The molecule has 1 heterocycles. The third-order valence-corrected chi connectivity index (χ3v) is 4.05. The Kier molecular flexibility index (Phi) is 5.20. The number of carbonyl (C=O) groups is 1. The normalized spacial score (nSPS) is 16.5. The Bertz CT molecular complexity index is 494. The molecule has 21 heavy (non-hydrogen) atoms. The van der Waals surface area contributed by atoms with Crippen LogP contribution in [0.25, 0.3) is 0 Å². The van der Waals surface area contributed by atoms with E-state index >= 15 is 0 Å². The maximum absolute atomic E-state index is 11.2. The van der Waals surface area contributed by atoms with Crippen LogP contribution in [0, 0.1) is 6.92 Å². The van der Waals surface area contributed by atoms with Crippen LogP contribution in [0.4, 0.5) is 5.69 Å². The molecule has 116 valence electrons. The van der Waals surface area contributed by atoms with E-state index in [2.05, 4.69) is 28.8 Å². The van der Waals surface area contributed by atoms with Gasteiger partial charge in [0.1, 0.15) is 0 Å². The molecule has 0 aliphatic carbocycles. The lowest BCUT2D eigenvalue weighted by Crippen LogP contribution is -2.48. The Hall–Kier alpha value is -1.59. The molecular formula is C16H25N3O2. The number of likely N-dealkylation sites (N-methyl/N-ethyl adjacent to an activating group) is 1. The molecule has 1 N–H and O–H groups in total. The Morgan fingerprint density at radius 3 is 2.48 bits per heavy atom. The van der Waals surface area contributed by atoms with Crippen molar-refractivity contribution in [2.24, 2.45) is 0 Å². The predicted octanol–water partition coefficient (Wildman–Crippen LogP) is 1.38. The maximum atomic E-state index is 11.2. The van der Waals surface area contributed by atoms with E-state index < -0.39 is 5.97 Å². The van der Waals surface area contributed by atoms with Crippen molar-refractivity contribution in [3.8, 4) is 0 Å². The number of nitrogens with zero attached hydrogens (tertiary/aromatic N) is 3. The van der Waals surface area contributed by atoms with Gasteiger partial charge in [-0.2, -0.15) is 0 Å². The minimum atomic E-state index is -0.848. The minimum Gasteiger partial charge on any atom is -0.478 e. The monoisotopic (exact) mass is 291 g/mol. The van der Waals surface area contributed by atoms with Crippen LogP contribution >= 0.6 is 0 Å². The molecule has 5 nitrogen and oxygen atoms in total. The topological polar surface area (TPSA) is 47.0 Å². The van der Waals surface area contributed by atoms with Crippen LogP contribution in [0.3, 0.4) is 0 Å². The van der Waals surface area contributed by atoms with E-state index in [-0.39, 0.29) is 0 Å². The third kappa shape index (κ3) is 4.19. The highest BCUT2D eigenvalue weighted by atomic mass is 16.4. The largest absolute Gasteiger partial charge is 0.478 e. The Balaban J connectivity index is 1.96. The van der Waals surface area contributed by atoms with E-state index in [9.17, 15) is 9.90 Å². The standard InChI is InChI=1S/C16H25N3O2/c1-13-4-5-14(12-15(13)16(20)21)19-10-8-18(9-11-19)7-6-17(2)3/h4-5,12H,6-11H2,1-3H3,(H,20,21). The molecule has 0 unspecified atom stereocenters. The van der Waals surface area contributed by atoms with E-state index in [1.54, 1.807) is 6.07 Å². The summed E-state index contributed by atoms with van der Waals surface area (Å²) in [5.74, 6) is -0.848. The summed E-state index contributed by atoms with van der Waals surface area (Å²) >= 11 is 0. The van der Waals surface area contributed by atoms with Crippen LogP contribution in [0.15, 0.2) is 18.2 Å². The number of aryl methyl sites for hydroxylation is 1. The minimum absolute atomic E-state index is 0.405. The molecule has 1 fully saturated rings. The number of hydrogen-bond donors (Lipinski definition) is 1. The van der Waals surface area contributed by atoms with Gasteiger partial charge in [-0.25, -0.2) is 4.79 Å². The summed E-state index contributed by atoms with van der Waals surface area (Å²) < 4.78 is 0. The molecule has 1 aliphatic heterocycles.